The largest absolute Gasteiger partial charge is 0.481 e. The average molecular weight is 223 g/mol. The summed E-state index contributed by atoms with van der Waals surface area (Å²) in [5, 5.41) is 8.65. The van der Waals surface area contributed by atoms with Crippen molar-refractivity contribution in [2.24, 2.45) is 0 Å². The minimum absolute atomic E-state index is 0.101. The van der Waals surface area contributed by atoms with Crippen LogP contribution in [0.1, 0.15) is 24.7 Å². The second-order valence-electron chi connectivity index (χ2n) is 3.67. The topological polar surface area (TPSA) is 66.3 Å². The minimum atomic E-state index is -0.803. The zero-order valence-electron chi connectivity index (χ0n) is 9.90. The van der Waals surface area contributed by atoms with Crippen molar-refractivity contribution in [2.45, 2.75) is 27.2 Å². The normalized spacial score (nSPS) is 10.2. The van der Waals surface area contributed by atoms with E-state index in [2.05, 4.69) is 9.97 Å². The highest BCUT2D eigenvalue weighted by Gasteiger charge is 2.10. The maximum atomic E-state index is 10.5. The van der Waals surface area contributed by atoms with Gasteiger partial charge in [0.1, 0.15) is 0 Å². The number of aliphatic carboxylic acids is 1. The Hall–Kier alpha value is -1.65. The Bertz CT molecular complexity index is 359. The van der Waals surface area contributed by atoms with Crippen LogP contribution >= 0.6 is 0 Å². The lowest BCUT2D eigenvalue weighted by Crippen LogP contribution is -2.28. The first-order valence-corrected chi connectivity index (χ1v) is 5.32. The summed E-state index contributed by atoms with van der Waals surface area (Å²) >= 11 is 0. The third kappa shape index (κ3) is 3.49. The van der Waals surface area contributed by atoms with Crippen molar-refractivity contribution in [3.05, 3.63) is 17.5 Å². The highest BCUT2D eigenvalue weighted by atomic mass is 16.4. The summed E-state index contributed by atoms with van der Waals surface area (Å²) in [5.41, 5.74) is 1.80. The molecule has 88 valence electrons. The molecule has 0 saturated carbocycles. The molecule has 1 aromatic rings. The van der Waals surface area contributed by atoms with E-state index in [4.69, 9.17) is 5.11 Å². The van der Waals surface area contributed by atoms with Crippen molar-refractivity contribution in [3.8, 4) is 0 Å². The summed E-state index contributed by atoms with van der Waals surface area (Å²) in [6.45, 7) is 6.92. The SMILES string of the molecule is CCN(CCC(=O)O)c1nc(C)cc(C)n1. The van der Waals surface area contributed by atoms with Crippen LogP contribution in [-0.2, 0) is 4.79 Å². The molecule has 0 bridgehead atoms. The molecule has 5 heteroatoms. The maximum absolute atomic E-state index is 10.5. The van der Waals surface area contributed by atoms with E-state index in [0.29, 0.717) is 19.0 Å². The van der Waals surface area contributed by atoms with Crippen LogP contribution in [0.15, 0.2) is 6.07 Å². The predicted molar refractivity (Wildman–Crippen MR) is 61.6 cm³/mol. The Kier molecular flexibility index (Phi) is 4.22. The van der Waals surface area contributed by atoms with Crippen molar-refractivity contribution >= 4 is 11.9 Å². The van der Waals surface area contributed by atoms with Crippen LogP contribution in [0.3, 0.4) is 0 Å². The Morgan fingerprint density at radius 3 is 2.38 bits per heavy atom. The van der Waals surface area contributed by atoms with E-state index in [1.165, 1.54) is 0 Å². The molecule has 0 amide bonds. The van der Waals surface area contributed by atoms with Gasteiger partial charge in [0.2, 0.25) is 5.95 Å². The van der Waals surface area contributed by atoms with Gasteiger partial charge in [0, 0.05) is 24.5 Å². The number of hydrogen-bond donors (Lipinski definition) is 1. The summed E-state index contributed by atoms with van der Waals surface area (Å²) in [4.78, 5) is 21.0. The average Bonchev–Trinajstić information content (AvgIpc) is 2.16. The molecule has 0 aromatic carbocycles. The molecule has 0 radical (unpaired) electrons. The molecule has 16 heavy (non-hydrogen) atoms. The number of carboxylic acids is 1. The number of aryl methyl sites for hydroxylation is 2. The number of aromatic nitrogens is 2. The Balaban J connectivity index is 2.81. The highest BCUT2D eigenvalue weighted by Crippen LogP contribution is 2.10. The van der Waals surface area contributed by atoms with Crippen molar-refractivity contribution < 1.29 is 9.90 Å². The molecular weight excluding hydrogens is 206 g/mol. The van der Waals surface area contributed by atoms with Crippen molar-refractivity contribution in [1.29, 1.82) is 0 Å². The van der Waals surface area contributed by atoms with Gasteiger partial charge < -0.3 is 10.0 Å². The Morgan fingerprint density at radius 2 is 1.94 bits per heavy atom. The minimum Gasteiger partial charge on any atom is -0.481 e. The lowest BCUT2D eigenvalue weighted by molar-refractivity contribution is -0.136. The van der Waals surface area contributed by atoms with E-state index in [1.807, 2.05) is 31.7 Å². The number of hydrogen-bond acceptors (Lipinski definition) is 4. The first-order valence-electron chi connectivity index (χ1n) is 5.32. The van der Waals surface area contributed by atoms with E-state index in [1.54, 1.807) is 0 Å². The lowest BCUT2D eigenvalue weighted by Gasteiger charge is -2.20. The molecule has 0 fully saturated rings. The van der Waals surface area contributed by atoms with Crippen LogP contribution in [0, 0.1) is 13.8 Å². The molecule has 0 unspecified atom stereocenters. The number of rotatable bonds is 5. The molecule has 5 nitrogen and oxygen atoms in total. The molecular formula is C11H17N3O2. The monoisotopic (exact) mass is 223 g/mol. The summed E-state index contributed by atoms with van der Waals surface area (Å²) in [7, 11) is 0. The molecule has 0 aliphatic rings. The second-order valence-corrected chi connectivity index (χ2v) is 3.67. The van der Waals surface area contributed by atoms with E-state index in [0.717, 1.165) is 11.4 Å². The maximum Gasteiger partial charge on any atom is 0.305 e. The van der Waals surface area contributed by atoms with Crippen LogP contribution in [-0.4, -0.2) is 34.1 Å². The zero-order valence-corrected chi connectivity index (χ0v) is 9.90. The van der Waals surface area contributed by atoms with Crippen molar-refractivity contribution in [1.82, 2.24) is 9.97 Å². The number of carbonyl (C=O) groups is 1. The van der Waals surface area contributed by atoms with Gasteiger partial charge in [-0.1, -0.05) is 0 Å². The fraction of sp³-hybridized carbons (Fsp3) is 0.545. The third-order valence-electron chi connectivity index (χ3n) is 2.23. The summed E-state index contributed by atoms with van der Waals surface area (Å²) in [6, 6.07) is 1.90. The lowest BCUT2D eigenvalue weighted by atomic mass is 10.3. The van der Waals surface area contributed by atoms with Gasteiger partial charge in [-0.2, -0.15) is 0 Å². The van der Waals surface area contributed by atoms with E-state index < -0.39 is 5.97 Å². The van der Waals surface area contributed by atoms with Gasteiger partial charge in [-0.25, -0.2) is 9.97 Å². The van der Waals surface area contributed by atoms with Gasteiger partial charge in [-0.05, 0) is 26.8 Å². The van der Waals surface area contributed by atoms with E-state index >= 15 is 0 Å². The van der Waals surface area contributed by atoms with Crippen LogP contribution in [0.4, 0.5) is 5.95 Å². The first kappa shape index (κ1) is 12.4. The number of carboxylic acid groups (broad SMARTS) is 1. The van der Waals surface area contributed by atoms with Gasteiger partial charge in [-0.15, -0.1) is 0 Å². The quantitative estimate of drug-likeness (QED) is 0.817. The Morgan fingerprint density at radius 1 is 1.38 bits per heavy atom. The Labute approximate surface area is 95.1 Å². The molecule has 0 spiro atoms. The molecule has 0 aliphatic heterocycles. The molecule has 1 aromatic heterocycles. The molecule has 0 saturated heterocycles. The van der Waals surface area contributed by atoms with Gasteiger partial charge in [0.25, 0.3) is 0 Å². The van der Waals surface area contributed by atoms with Crippen molar-refractivity contribution in [2.75, 3.05) is 18.0 Å². The van der Waals surface area contributed by atoms with Gasteiger partial charge >= 0.3 is 5.97 Å². The summed E-state index contributed by atoms with van der Waals surface area (Å²) < 4.78 is 0. The van der Waals surface area contributed by atoms with E-state index in [-0.39, 0.29) is 6.42 Å². The zero-order chi connectivity index (χ0) is 12.1. The molecule has 1 heterocycles. The third-order valence-corrected chi connectivity index (χ3v) is 2.23. The van der Waals surface area contributed by atoms with Crippen LogP contribution < -0.4 is 4.90 Å². The summed E-state index contributed by atoms with van der Waals surface area (Å²) in [6.07, 6.45) is 0.101. The molecule has 1 rings (SSSR count). The van der Waals surface area contributed by atoms with Gasteiger partial charge in [-0.3, -0.25) is 4.79 Å². The smallest absolute Gasteiger partial charge is 0.305 e. The van der Waals surface area contributed by atoms with Gasteiger partial charge in [0.15, 0.2) is 0 Å². The van der Waals surface area contributed by atoms with E-state index in [9.17, 15) is 4.79 Å². The number of anilines is 1. The number of nitrogens with zero attached hydrogens (tertiary/aromatic N) is 3. The highest BCUT2D eigenvalue weighted by molar-refractivity contribution is 5.67. The first-order chi connectivity index (χ1) is 7.52. The standard InChI is InChI=1S/C11H17N3O2/c1-4-14(6-5-10(15)16)11-12-8(2)7-9(3)13-11/h7H,4-6H2,1-3H3,(H,15,16). The van der Waals surface area contributed by atoms with Crippen LogP contribution in [0.2, 0.25) is 0 Å². The summed E-state index contributed by atoms with van der Waals surface area (Å²) in [5.74, 6) is -0.191. The fourth-order valence-electron chi connectivity index (χ4n) is 1.48. The molecule has 0 aliphatic carbocycles. The second kappa shape index (κ2) is 5.44. The fourth-order valence-corrected chi connectivity index (χ4v) is 1.48. The van der Waals surface area contributed by atoms with Gasteiger partial charge in [0.05, 0.1) is 6.42 Å². The molecule has 0 atom stereocenters. The predicted octanol–water partition coefficient (Wildman–Crippen LogP) is 1.39. The van der Waals surface area contributed by atoms with Crippen molar-refractivity contribution in [3.63, 3.8) is 0 Å². The van der Waals surface area contributed by atoms with Crippen LogP contribution in [0.5, 0.6) is 0 Å². The van der Waals surface area contributed by atoms with Crippen LogP contribution in [0.25, 0.3) is 0 Å². The molecule has 1 N–H and O–H groups in total.